The van der Waals surface area contributed by atoms with Crippen LogP contribution in [0.5, 0.6) is 0 Å². The Morgan fingerprint density at radius 1 is 0.489 bits per heavy atom. The van der Waals surface area contributed by atoms with E-state index in [0.717, 1.165) is 6.54 Å². The maximum absolute atomic E-state index is 11.6. The van der Waals surface area contributed by atoms with Crippen LogP contribution in [-0.2, 0) is 56.9 Å². The average Bonchev–Trinajstić information content (AvgIpc) is 2.98. The van der Waals surface area contributed by atoms with Crippen molar-refractivity contribution in [3.63, 3.8) is 0 Å². The standard InChI is InChI=1S/C30H60N2O12S/c1-5-31-29(45)32-7-9-35-11-13-37-15-17-39-19-21-41-23-25-43-27-26-42-24-22-40-20-18-38-16-14-36-12-10-34-8-6-28(33)44-30(2,3)4/h5-27H2,1-4H3,(H2,31,32,45). The Morgan fingerprint density at radius 3 is 1.07 bits per heavy atom. The van der Waals surface area contributed by atoms with Crippen LogP contribution in [0.25, 0.3) is 0 Å². The molecule has 0 radical (unpaired) electrons. The van der Waals surface area contributed by atoms with Crippen molar-refractivity contribution in [3.8, 4) is 0 Å². The Morgan fingerprint density at radius 2 is 0.778 bits per heavy atom. The summed E-state index contributed by atoms with van der Waals surface area (Å²) in [7, 11) is 0. The monoisotopic (exact) mass is 672 g/mol. The van der Waals surface area contributed by atoms with Crippen LogP contribution in [-0.4, -0.2) is 162 Å². The first-order valence-corrected chi connectivity index (χ1v) is 16.3. The van der Waals surface area contributed by atoms with Gasteiger partial charge in [0.15, 0.2) is 5.11 Å². The van der Waals surface area contributed by atoms with Gasteiger partial charge in [0.1, 0.15) is 5.60 Å². The van der Waals surface area contributed by atoms with Crippen molar-refractivity contribution in [3.05, 3.63) is 0 Å². The minimum Gasteiger partial charge on any atom is -0.460 e. The lowest BCUT2D eigenvalue weighted by molar-refractivity contribution is -0.156. The average molecular weight is 673 g/mol. The summed E-state index contributed by atoms with van der Waals surface area (Å²) >= 11 is 5.06. The summed E-state index contributed by atoms with van der Waals surface area (Å²) in [5, 5.41) is 6.71. The molecule has 0 saturated heterocycles. The fraction of sp³-hybridized carbons (Fsp3) is 0.933. The number of hydrogen-bond donors (Lipinski definition) is 2. The number of rotatable bonds is 34. The number of carbonyl (C=O) groups excluding carboxylic acids is 1. The summed E-state index contributed by atoms with van der Waals surface area (Å²) in [5.41, 5.74) is -0.473. The summed E-state index contributed by atoms with van der Waals surface area (Å²) in [4.78, 5) is 11.6. The summed E-state index contributed by atoms with van der Waals surface area (Å²) in [6.45, 7) is 18.7. The molecule has 0 aliphatic rings. The van der Waals surface area contributed by atoms with Gasteiger partial charge in [0.05, 0.1) is 139 Å². The van der Waals surface area contributed by atoms with Crippen LogP contribution in [0.15, 0.2) is 0 Å². The Balaban J connectivity index is 3.11. The Bertz CT molecular complexity index is 659. The first-order chi connectivity index (χ1) is 21.8. The molecular weight excluding hydrogens is 612 g/mol. The lowest BCUT2D eigenvalue weighted by atomic mass is 10.2. The van der Waals surface area contributed by atoms with Crippen LogP contribution in [0.3, 0.4) is 0 Å². The Hall–Kier alpha value is -1.24. The third kappa shape index (κ3) is 38.9. The van der Waals surface area contributed by atoms with Gasteiger partial charge in [0, 0.05) is 13.1 Å². The minimum absolute atomic E-state index is 0.232. The molecular formula is C30H60N2O12S. The van der Waals surface area contributed by atoms with E-state index in [1.54, 1.807) is 0 Å². The van der Waals surface area contributed by atoms with Gasteiger partial charge in [-0.1, -0.05) is 0 Å². The lowest BCUT2D eigenvalue weighted by Crippen LogP contribution is -2.36. The van der Waals surface area contributed by atoms with E-state index >= 15 is 0 Å². The molecule has 0 spiro atoms. The maximum atomic E-state index is 11.6. The highest BCUT2D eigenvalue weighted by atomic mass is 32.1. The quantitative estimate of drug-likeness (QED) is 0.0577. The van der Waals surface area contributed by atoms with Crippen LogP contribution in [0, 0.1) is 0 Å². The second-order valence-electron chi connectivity index (χ2n) is 10.2. The number of ether oxygens (including phenoxy) is 11. The first-order valence-electron chi connectivity index (χ1n) is 15.9. The van der Waals surface area contributed by atoms with Gasteiger partial charge in [-0.25, -0.2) is 0 Å². The zero-order valence-corrected chi connectivity index (χ0v) is 28.9. The molecule has 0 amide bonds. The molecule has 0 heterocycles. The molecule has 0 aliphatic carbocycles. The molecule has 0 saturated carbocycles. The summed E-state index contributed by atoms with van der Waals surface area (Å²) in [5.74, 6) is -0.265. The van der Waals surface area contributed by atoms with E-state index in [9.17, 15) is 4.79 Å². The molecule has 14 nitrogen and oxygen atoms in total. The molecule has 0 rings (SSSR count). The van der Waals surface area contributed by atoms with Gasteiger partial charge < -0.3 is 62.7 Å². The van der Waals surface area contributed by atoms with Crippen LogP contribution in [0.2, 0.25) is 0 Å². The fourth-order valence-electron chi connectivity index (χ4n) is 3.09. The third-order valence-corrected chi connectivity index (χ3v) is 5.38. The highest BCUT2D eigenvalue weighted by Crippen LogP contribution is 2.08. The smallest absolute Gasteiger partial charge is 0.308 e. The zero-order valence-electron chi connectivity index (χ0n) is 28.1. The largest absolute Gasteiger partial charge is 0.460 e. The summed E-state index contributed by atoms with van der Waals surface area (Å²) in [6, 6.07) is 0. The molecule has 0 atom stereocenters. The summed E-state index contributed by atoms with van der Waals surface area (Å²) in [6.07, 6.45) is 0.232. The molecule has 0 aromatic heterocycles. The van der Waals surface area contributed by atoms with Crippen molar-refractivity contribution in [1.82, 2.24) is 10.6 Å². The molecule has 0 bridgehead atoms. The zero-order chi connectivity index (χ0) is 33.1. The van der Waals surface area contributed by atoms with E-state index in [-0.39, 0.29) is 12.4 Å². The van der Waals surface area contributed by atoms with Gasteiger partial charge in [0.2, 0.25) is 0 Å². The molecule has 0 aliphatic heterocycles. The predicted molar refractivity (Wildman–Crippen MR) is 173 cm³/mol. The van der Waals surface area contributed by atoms with Gasteiger partial charge in [-0.15, -0.1) is 0 Å². The van der Waals surface area contributed by atoms with E-state index in [1.165, 1.54) is 0 Å². The lowest BCUT2D eigenvalue weighted by Gasteiger charge is -2.19. The van der Waals surface area contributed by atoms with Gasteiger partial charge in [-0.2, -0.15) is 0 Å². The third-order valence-electron chi connectivity index (χ3n) is 5.09. The van der Waals surface area contributed by atoms with Crippen molar-refractivity contribution in [1.29, 1.82) is 0 Å². The fourth-order valence-corrected chi connectivity index (χ4v) is 3.34. The second-order valence-corrected chi connectivity index (χ2v) is 10.7. The Kier molecular flexibility index (Phi) is 33.2. The van der Waals surface area contributed by atoms with Crippen molar-refractivity contribution in [2.45, 2.75) is 39.7 Å². The van der Waals surface area contributed by atoms with Gasteiger partial charge in [0.25, 0.3) is 0 Å². The topological polar surface area (TPSA) is 143 Å². The molecule has 0 aromatic carbocycles. The van der Waals surface area contributed by atoms with Crippen LogP contribution in [0.1, 0.15) is 34.1 Å². The normalized spacial score (nSPS) is 11.6. The number of thiocarbonyl (C=S) groups is 1. The second kappa shape index (κ2) is 34.1. The molecule has 45 heavy (non-hydrogen) atoms. The van der Waals surface area contributed by atoms with E-state index in [0.29, 0.717) is 144 Å². The highest BCUT2D eigenvalue weighted by molar-refractivity contribution is 7.80. The molecule has 268 valence electrons. The van der Waals surface area contributed by atoms with E-state index < -0.39 is 5.60 Å². The van der Waals surface area contributed by atoms with E-state index in [1.807, 2.05) is 27.7 Å². The number of nitrogens with one attached hydrogen (secondary N) is 2. The van der Waals surface area contributed by atoms with Crippen molar-refractivity contribution in [2.75, 3.05) is 145 Å². The van der Waals surface area contributed by atoms with Gasteiger partial charge >= 0.3 is 5.97 Å². The van der Waals surface area contributed by atoms with Crippen molar-refractivity contribution < 1.29 is 56.9 Å². The van der Waals surface area contributed by atoms with Crippen LogP contribution < -0.4 is 10.6 Å². The Labute approximate surface area is 275 Å². The highest BCUT2D eigenvalue weighted by Gasteiger charge is 2.15. The molecule has 0 fully saturated rings. The van der Waals surface area contributed by atoms with Crippen molar-refractivity contribution >= 4 is 23.3 Å². The first kappa shape index (κ1) is 43.8. The van der Waals surface area contributed by atoms with E-state index in [4.69, 9.17) is 64.3 Å². The van der Waals surface area contributed by atoms with Crippen LogP contribution >= 0.6 is 12.2 Å². The van der Waals surface area contributed by atoms with Gasteiger partial charge in [-0.3, -0.25) is 4.79 Å². The summed E-state index contributed by atoms with van der Waals surface area (Å²) < 4.78 is 59.7. The van der Waals surface area contributed by atoms with Gasteiger partial charge in [-0.05, 0) is 39.9 Å². The van der Waals surface area contributed by atoms with Crippen molar-refractivity contribution in [2.24, 2.45) is 0 Å². The number of hydrogen-bond acceptors (Lipinski definition) is 13. The predicted octanol–water partition coefficient (Wildman–Crippen LogP) is 1.37. The molecule has 0 unspecified atom stereocenters. The maximum Gasteiger partial charge on any atom is 0.308 e. The number of carbonyl (C=O) groups is 1. The minimum atomic E-state index is -0.473. The van der Waals surface area contributed by atoms with Crippen LogP contribution in [0.4, 0.5) is 0 Å². The van der Waals surface area contributed by atoms with E-state index in [2.05, 4.69) is 10.6 Å². The number of esters is 1. The molecule has 2 N–H and O–H groups in total. The SMILES string of the molecule is CCNC(=S)NCCOCCOCCOCCOCCOCCOCCOCCOCCOCCOCCC(=O)OC(C)(C)C. The molecule has 0 aromatic rings. The molecule has 15 heteroatoms.